The van der Waals surface area contributed by atoms with Crippen LogP contribution in [0.25, 0.3) is 0 Å². The number of rotatable bonds is 5. The van der Waals surface area contributed by atoms with Crippen LogP contribution < -0.4 is 0 Å². The predicted octanol–water partition coefficient (Wildman–Crippen LogP) is 1.17. The van der Waals surface area contributed by atoms with Crippen LogP contribution in [0.3, 0.4) is 0 Å². The standard InChI is InChI=1S/C10H19BO3/c1-3-12-7-10-9(13-4-2)5-8(11)6-14-10/h8-10H,3-7H2,1-2H3/t8-,9-,10+/m0/s1. The smallest absolute Gasteiger partial charge is 0.107 e. The highest BCUT2D eigenvalue weighted by molar-refractivity contribution is 6.11. The topological polar surface area (TPSA) is 27.7 Å². The second kappa shape index (κ2) is 6.43. The second-order valence-corrected chi connectivity index (χ2v) is 3.52. The summed E-state index contributed by atoms with van der Waals surface area (Å²) in [6.45, 7) is 6.59. The molecular weight excluding hydrogens is 179 g/mol. The molecule has 14 heavy (non-hydrogen) atoms. The van der Waals surface area contributed by atoms with Gasteiger partial charge in [-0.2, -0.15) is 0 Å². The lowest BCUT2D eigenvalue weighted by Gasteiger charge is -2.34. The zero-order valence-electron chi connectivity index (χ0n) is 9.07. The lowest BCUT2D eigenvalue weighted by molar-refractivity contribution is -0.127. The summed E-state index contributed by atoms with van der Waals surface area (Å²) < 4.78 is 16.5. The normalized spacial score (nSPS) is 33.1. The van der Waals surface area contributed by atoms with Crippen molar-refractivity contribution in [3.63, 3.8) is 0 Å². The minimum absolute atomic E-state index is 0.0506. The van der Waals surface area contributed by atoms with Gasteiger partial charge in [-0.1, -0.05) is 5.82 Å². The van der Waals surface area contributed by atoms with Gasteiger partial charge in [-0.15, -0.1) is 0 Å². The quantitative estimate of drug-likeness (QED) is 0.620. The Labute approximate surface area is 87.5 Å². The molecule has 0 unspecified atom stereocenters. The summed E-state index contributed by atoms with van der Waals surface area (Å²) in [6, 6.07) is 0. The maximum absolute atomic E-state index is 5.80. The fourth-order valence-electron chi connectivity index (χ4n) is 1.65. The van der Waals surface area contributed by atoms with Crippen LogP contribution in [0.2, 0.25) is 5.82 Å². The molecule has 1 saturated heterocycles. The van der Waals surface area contributed by atoms with E-state index < -0.39 is 0 Å². The van der Waals surface area contributed by atoms with E-state index in [9.17, 15) is 0 Å². The Bertz CT molecular complexity index is 152. The maximum Gasteiger partial charge on any atom is 0.107 e. The van der Waals surface area contributed by atoms with E-state index in [1.165, 1.54) is 0 Å². The van der Waals surface area contributed by atoms with Crippen LogP contribution in [-0.2, 0) is 14.2 Å². The van der Waals surface area contributed by atoms with Crippen molar-refractivity contribution in [1.29, 1.82) is 0 Å². The molecule has 0 spiro atoms. The molecule has 1 heterocycles. The molecule has 0 aromatic rings. The Morgan fingerprint density at radius 3 is 2.79 bits per heavy atom. The van der Waals surface area contributed by atoms with Crippen LogP contribution >= 0.6 is 0 Å². The summed E-state index contributed by atoms with van der Waals surface area (Å²) in [4.78, 5) is 0. The summed E-state index contributed by atoms with van der Waals surface area (Å²) in [6.07, 6.45) is 1.01. The zero-order chi connectivity index (χ0) is 10.4. The van der Waals surface area contributed by atoms with Crippen LogP contribution in [0.5, 0.6) is 0 Å². The zero-order valence-corrected chi connectivity index (χ0v) is 9.07. The summed E-state index contributed by atoms with van der Waals surface area (Å²) in [5, 5.41) is 0. The molecule has 1 rings (SSSR count). The molecule has 0 aromatic carbocycles. The van der Waals surface area contributed by atoms with Crippen molar-refractivity contribution in [1.82, 2.24) is 0 Å². The number of hydrogen-bond donors (Lipinski definition) is 0. The first-order valence-electron chi connectivity index (χ1n) is 5.34. The highest BCUT2D eigenvalue weighted by Gasteiger charge is 2.29. The highest BCUT2D eigenvalue weighted by Crippen LogP contribution is 2.24. The molecular formula is C10H19BO3. The Kier molecular flexibility index (Phi) is 5.52. The first kappa shape index (κ1) is 12.0. The molecule has 1 aliphatic rings. The lowest BCUT2D eigenvalue weighted by atomic mass is 9.80. The predicted molar refractivity (Wildman–Crippen MR) is 55.8 cm³/mol. The van der Waals surface area contributed by atoms with Gasteiger partial charge in [0.15, 0.2) is 0 Å². The van der Waals surface area contributed by atoms with Gasteiger partial charge in [-0.25, -0.2) is 0 Å². The molecule has 0 bridgehead atoms. The third kappa shape index (κ3) is 3.60. The summed E-state index contributed by atoms with van der Waals surface area (Å²) >= 11 is 0. The van der Waals surface area contributed by atoms with Crippen LogP contribution in [0.15, 0.2) is 0 Å². The van der Waals surface area contributed by atoms with Gasteiger partial charge >= 0.3 is 0 Å². The van der Waals surface area contributed by atoms with E-state index in [4.69, 9.17) is 22.1 Å². The van der Waals surface area contributed by atoms with Crippen LogP contribution in [-0.4, -0.2) is 46.5 Å². The van der Waals surface area contributed by atoms with E-state index in [2.05, 4.69) is 0 Å². The number of ether oxygens (including phenoxy) is 3. The lowest BCUT2D eigenvalue weighted by Crippen LogP contribution is -2.41. The molecule has 3 atom stereocenters. The van der Waals surface area contributed by atoms with Crippen molar-refractivity contribution >= 4 is 7.85 Å². The van der Waals surface area contributed by atoms with Gasteiger partial charge in [0, 0.05) is 19.8 Å². The Balaban J connectivity index is 2.36. The molecule has 0 aliphatic carbocycles. The molecule has 3 nitrogen and oxygen atoms in total. The fourth-order valence-corrected chi connectivity index (χ4v) is 1.65. The van der Waals surface area contributed by atoms with Crippen LogP contribution in [0, 0.1) is 0 Å². The Morgan fingerprint density at radius 2 is 2.14 bits per heavy atom. The minimum atomic E-state index is 0.0506. The van der Waals surface area contributed by atoms with Crippen molar-refractivity contribution < 1.29 is 14.2 Å². The van der Waals surface area contributed by atoms with E-state index in [0.717, 1.165) is 6.42 Å². The molecule has 1 aliphatic heterocycles. The van der Waals surface area contributed by atoms with E-state index in [0.29, 0.717) is 26.4 Å². The molecule has 4 heteroatoms. The van der Waals surface area contributed by atoms with Crippen molar-refractivity contribution in [2.75, 3.05) is 26.4 Å². The summed E-state index contributed by atoms with van der Waals surface area (Å²) in [7, 11) is 5.80. The third-order valence-electron chi connectivity index (χ3n) is 2.34. The van der Waals surface area contributed by atoms with E-state index in [1.54, 1.807) is 0 Å². The fraction of sp³-hybridized carbons (Fsp3) is 1.00. The van der Waals surface area contributed by atoms with Crippen molar-refractivity contribution in [3.8, 4) is 0 Å². The SMILES string of the molecule is [B][C@@H]1CO[C@H](COCC)[C@@H](OCC)C1. The molecule has 0 N–H and O–H groups in total. The minimum Gasteiger partial charge on any atom is -0.379 e. The highest BCUT2D eigenvalue weighted by atomic mass is 16.6. The Morgan fingerprint density at radius 1 is 1.36 bits per heavy atom. The van der Waals surface area contributed by atoms with Gasteiger partial charge in [0.05, 0.1) is 20.6 Å². The van der Waals surface area contributed by atoms with Gasteiger partial charge in [-0.3, -0.25) is 0 Å². The number of hydrogen-bond acceptors (Lipinski definition) is 3. The largest absolute Gasteiger partial charge is 0.379 e. The molecule has 80 valence electrons. The van der Waals surface area contributed by atoms with Crippen LogP contribution in [0.4, 0.5) is 0 Å². The Hall–Kier alpha value is -0.0551. The third-order valence-corrected chi connectivity index (χ3v) is 2.34. The van der Waals surface area contributed by atoms with E-state index in [-0.39, 0.29) is 18.0 Å². The second-order valence-electron chi connectivity index (χ2n) is 3.52. The molecule has 2 radical (unpaired) electrons. The first-order valence-corrected chi connectivity index (χ1v) is 5.34. The maximum atomic E-state index is 5.80. The van der Waals surface area contributed by atoms with E-state index >= 15 is 0 Å². The summed E-state index contributed by atoms with van der Waals surface area (Å²) in [5.74, 6) is 0.101. The molecule has 0 aromatic heterocycles. The van der Waals surface area contributed by atoms with Gasteiger partial charge < -0.3 is 14.2 Å². The van der Waals surface area contributed by atoms with Gasteiger partial charge in [0.25, 0.3) is 0 Å². The first-order chi connectivity index (χ1) is 6.77. The van der Waals surface area contributed by atoms with Gasteiger partial charge in [-0.05, 0) is 20.3 Å². The molecule has 0 saturated carbocycles. The average Bonchev–Trinajstić information content (AvgIpc) is 2.17. The van der Waals surface area contributed by atoms with Gasteiger partial charge in [0.1, 0.15) is 6.10 Å². The van der Waals surface area contributed by atoms with Crippen molar-refractivity contribution in [2.24, 2.45) is 0 Å². The molecule has 0 amide bonds. The van der Waals surface area contributed by atoms with Gasteiger partial charge in [0.2, 0.25) is 0 Å². The average molecular weight is 198 g/mol. The van der Waals surface area contributed by atoms with Crippen LogP contribution in [0.1, 0.15) is 20.3 Å². The summed E-state index contributed by atoms with van der Waals surface area (Å²) in [5.41, 5.74) is 0. The molecule has 1 fully saturated rings. The monoisotopic (exact) mass is 198 g/mol. The van der Waals surface area contributed by atoms with E-state index in [1.807, 2.05) is 13.8 Å². The van der Waals surface area contributed by atoms with Crippen molar-refractivity contribution in [2.45, 2.75) is 38.3 Å². The van der Waals surface area contributed by atoms with Crippen molar-refractivity contribution in [3.05, 3.63) is 0 Å².